The number of pyridine rings is 3. The highest BCUT2D eigenvalue weighted by Crippen LogP contribution is 2.23. The first-order valence-corrected chi connectivity index (χ1v) is 22.6. The molecule has 1 unspecified atom stereocenters. The van der Waals surface area contributed by atoms with Crippen LogP contribution < -0.4 is 31.1 Å². The fourth-order valence-corrected chi connectivity index (χ4v) is 7.88. The lowest BCUT2D eigenvalue weighted by molar-refractivity contribution is -0.130. The zero-order chi connectivity index (χ0) is 49.2. The SMILES string of the molecule is Cc1cc(COc2ccc(C(=O)NC(CC(=O)NO)Cc3ccccc3)cc2)c2ccccc2n1.Cc1cc(COc2ccc(C(=O)N[C@@H](CC(=O)NO)Cc3ccncc3)cc2)c2ccccc2n1. The molecule has 0 bridgehead atoms. The van der Waals surface area contributed by atoms with Gasteiger partial charge in [0, 0.05) is 81.7 Å². The van der Waals surface area contributed by atoms with Gasteiger partial charge in [0.15, 0.2) is 0 Å². The summed E-state index contributed by atoms with van der Waals surface area (Å²) in [6.07, 6.45) is 4.07. The molecule has 0 fully saturated rings. The topological polar surface area (TPSA) is 214 Å². The molecule has 5 aromatic carbocycles. The fraction of sp³-hybridized carbons (Fsp3) is 0.182. The van der Waals surface area contributed by atoms with Crippen molar-refractivity contribution < 1.29 is 39.1 Å². The minimum absolute atomic E-state index is 0.0440. The zero-order valence-corrected chi connectivity index (χ0v) is 38.7. The summed E-state index contributed by atoms with van der Waals surface area (Å²) in [5, 5.41) is 25.7. The maximum atomic E-state index is 12.8. The molecule has 8 rings (SSSR count). The van der Waals surface area contributed by atoms with E-state index in [1.807, 2.05) is 117 Å². The number of amides is 4. The number of benzene rings is 5. The van der Waals surface area contributed by atoms with Gasteiger partial charge >= 0.3 is 0 Å². The van der Waals surface area contributed by atoms with E-state index in [9.17, 15) is 19.2 Å². The summed E-state index contributed by atoms with van der Waals surface area (Å²) < 4.78 is 11.9. The number of carbonyl (C=O) groups is 4. The van der Waals surface area contributed by atoms with Gasteiger partial charge in [0.1, 0.15) is 24.7 Å². The predicted molar refractivity (Wildman–Crippen MR) is 264 cm³/mol. The van der Waals surface area contributed by atoms with Gasteiger partial charge in [-0.15, -0.1) is 0 Å². The third kappa shape index (κ3) is 14.2. The largest absolute Gasteiger partial charge is 0.489 e. The number of hydrogen-bond acceptors (Lipinski definition) is 11. The summed E-state index contributed by atoms with van der Waals surface area (Å²) in [6, 6.07) is 45.8. The number of carbonyl (C=O) groups excluding carboxylic acids is 4. The number of hydroxylamine groups is 2. The molecule has 4 amide bonds. The van der Waals surface area contributed by atoms with Gasteiger partial charge in [-0.25, -0.2) is 11.0 Å². The summed E-state index contributed by atoms with van der Waals surface area (Å²) in [6.45, 7) is 4.67. The maximum Gasteiger partial charge on any atom is 0.251 e. The quantitative estimate of drug-likeness (QED) is 0.0357. The molecule has 15 nitrogen and oxygen atoms in total. The normalized spacial score (nSPS) is 11.6. The Labute approximate surface area is 404 Å². The average molecular weight is 940 g/mol. The molecule has 6 N–H and O–H groups in total. The number of nitrogens with one attached hydrogen (secondary N) is 4. The number of fused-ring (bicyclic) bond motifs is 2. The van der Waals surface area contributed by atoms with Crippen LogP contribution >= 0.6 is 0 Å². The number of ether oxygens (including phenoxy) is 2. The smallest absolute Gasteiger partial charge is 0.251 e. The van der Waals surface area contributed by atoms with Gasteiger partial charge in [-0.1, -0.05) is 66.7 Å². The lowest BCUT2D eigenvalue weighted by atomic mass is 10.0. The van der Waals surface area contributed by atoms with E-state index in [2.05, 4.69) is 25.6 Å². The second-order valence-corrected chi connectivity index (χ2v) is 16.6. The molecule has 0 spiro atoms. The Bertz CT molecular complexity index is 2820. The van der Waals surface area contributed by atoms with Crippen molar-refractivity contribution >= 4 is 45.4 Å². The third-order valence-electron chi connectivity index (χ3n) is 11.2. The summed E-state index contributed by atoms with van der Waals surface area (Å²) in [7, 11) is 0. The number of para-hydroxylation sites is 2. The Morgan fingerprint density at radius 1 is 0.514 bits per heavy atom. The molecule has 3 heterocycles. The fourth-order valence-electron chi connectivity index (χ4n) is 7.88. The Kier molecular flexibility index (Phi) is 17.3. The van der Waals surface area contributed by atoms with Crippen molar-refractivity contribution in [2.75, 3.05) is 0 Å². The number of hydrogen-bond donors (Lipinski definition) is 6. The van der Waals surface area contributed by atoms with Crippen molar-refractivity contribution in [3.8, 4) is 11.5 Å². The highest BCUT2D eigenvalue weighted by molar-refractivity contribution is 5.95. The highest BCUT2D eigenvalue weighted by Gasteiger charge is 2.20. The molecule has 356 valence electrons. The summed E-state index contributed by atoms with van der Waals surface area (Å²) >= 11 is 0. The van der Waals surface area contributed by atoms with Crippen molar-refractivity contribution in [1.82, 2.24) is 36.5 Å². The van der Waals surface area contributed by atoms with Crippen molar-refractivity contribution in [1.29, 1.82) is 0 Å². The van der Waals surface area contributed by atoms with Gasteiger partial charge in [-0.2, -0.15) is 0 Å². The Balaban J connectivity index is 0.000000206. The van der Waals surface area contributed by atoms with E-state index in [1.54, 1.807) is 71.9 Å². The van der Waals surface area contributed by atoms with Crippen LogP contribution in [0.4, 0.5) is 0 Å². The molecule has 0 aliphatic rings. The Morgan fingerprint density at radius 3 is 1.34 bits per heavy atom. The minimum atomic E-state index is -0.577. The van der Waals surface area contributed by atoms with Crippen LogP contribution in [0.3, 0.4) is 0 Å². The first-order valence-electron chi connectivity index (χ1n) is 22.6. The molecular formula is C55H53N7O8. The van der Waals surface area contributed by atoms with Crippen LogP contribution in [0.1, 0.15) is 67.2 Å². The highest BCUT2D eigenvalue weighted by atomic mass is 16.5. The predicted octanol–water partition coefficient (Wildman–Crippen LogP) is 8.11. The summed E-state index contributed by atoms with van der Waals surface area (Å²) in [5.74, 6) is -0.495. The van der Waals surface area contributed by atoms with Crippen molar-refractivity contribution in [3.63, 3.8) is 0 Å². The second kappa shape index (κ2) is 24.5. The van der Waals surface area contributed by atoms with Gasteiger partial charge in [-0.05, 0) is 123 Å². The molecule has 3 aromatic heterocycles. The molecule has 15 heteroatoms. The standard InChI is InChI=1S/C28H27N3O4.C27H26N4O4/c1-19-15-22(25-9-5-6-10-26(25)29-19)18-35-24-13-11-21(12-14-24)28(33)30-23(17-27(32)31-34)16-20-7-3-2-4-8-20;1-18-14-21(24-4-2-3-5-25(24)29-18)17-35-23-8-6-20(7-9-23)27(33)30-22(16-26(32)31-34)15-19-10-12-28-13-11-19/h2-15,23,34H,16-18H2,1H3,(H,30,33)(H,31,32);2-14,22,34H,15-17H2,1H3,(H,30,33)(H,31,32)/t;22-/m.1/s1. The molecular weight excluding hydrogens is 887 g/mol. The number of aryl methyl sites for hydroxylation is 2. The third-order valence-corrected chi connectivity index (χ3v) is 11.2. The van der Waals surface area contributed by atoms with Crippen molar-refractivity contribution in [3.05, 3.63) is 209 Å². The van der Waals surface area contributed by atoms with E-state index in [0.29, 0.717) is 48.7 Å². The van der Waals surface area contributed by atoms with Crippen LogP contribution in [-0.2, 0) is 35.6 Å². The molecule has 0 aliphatic heterocycles. The molecule has 0 saturated heterocycles. The van der Waals surface area contributed by atoms with E-state index < -0.39 is 23.9 Å². The van der Waals surface area contributed by atoms with E-state index in [0.717, 1.165) is 55.4 Å². The van der Waals surface area contributed by atoms with Crippen LogP contribution in [0, 0.1) is 13.8 Å². The molecule has 0 radical (unpaired) electrons. The van der Waals surface area contributed by atoms with Crippen LogP contribution in [0.15, 0.2) is 164 Å². The lowest BCUT2D eigenvalue weighted by Crippen LogP contribution is -2.40. The van der Waals surface area contributed by atoms with Gasteiger partial charge in [0.05, 0.1) is 11.0 Å². The van der Waals surface area contributed by atoms with Gasteiger partial charge in [0.25, 0.3) is 11.8 Å². The van der Waals surface area contributed by atoms with E-state index >= 15 is 0 Å². The maximum absolute atomic E-state index is 12.8. The van der Waals surface area contributed by atoms with E-state index in [-0.39, 0.29) is 24.7 Å². The number of nitrogens with zero attached hydrogens (tertiary/aromatic N) is 3. The minimum Gasteiger partial charge on any atom is -0.489 e. The lowest BCUT2D eigenvalue weighted by Gasteiger charge is -2.18. The first kappa shape index (κ1) is 49.4. The van der Waals surface area contributed by atoms with Crippen LogP contribution in [0.5, 0.6) is 11.5 Å². The Hall–Kier alpha value is -8.53. The van der Waals surface area contributed by atoms with Gasteiger partial charge in [-0.3, -0.25) is 44.5 Å². The van der Waals surface area contributed by atoms with Crippen LogP contribution in [0.2, 0.25) is 0 Å². The second-order valence-electron chi connectivity index (χ2n) is 16.6. The van der Waals surface area contributed by atoms with E-state index in [1.165, 1.54) is 0 Å². The van der Waals surface area contributed by atoms with Crippen molar-refractivity contribution in [2.45, 2.75) is 64.8 Å². The van der Waals surface area contributed by atoms with Crippen molar-refractivity contribution in [2.24, 2.45) is 0 Å². The first-order chi connectivity index (χ1) is 34.0. The van der Waals surface area contributed by atoms with Gasteiger partial charge < -0.3 is 20.1 Å². The van der Waals surface area contributed by atoms with Gasteiger partial charge in [0.2, 0.25) is 11.8 Å². The molecule has 70 heavy (non-hydrogen) atoms. The van der Waals surface area contributed by atoms with Crippen LogP contribution in [-0.4, -0.2) is 61.1 Å². The zero-order valence-electron chi connectivity index (χ0n) is 38.7. The number of rotatable bonds is 18. The molecule has 0 aliphatic carbocycles. The molecule has 2 atom stereocenters. The molecule has 8 aromatic rings. The summed E-state index contributed by atoms with van der Waals surface area (Å²) in [4.78, 5) is 62.2. The average Bonchev–Trinajstić information content (AvgIpc) is 3.38. The number of aromatic nitrogens is 3. The summed E-state index contributed by atoms with van der Waals surface area (Å²) in [5.41, 5.74) is 11.8. The Morgan fingerprint density at radius 2 is 0.914 bits per heavy atom. The van der Waals surface area contributed by atoms with E-state index in [4.69, 9.17) is 19.9 Å². The monoisotopic (exact) mass is 939 g/mol. The molecule has 0 saturated carbocycles. The van der Waals surface area contributed by atoms with Crippen LogP contribution in [0.25, 0.3) is 21.8 Å².